The van der Waals surface area contributed by atoms with Crippen LogP contribution in [0.15, 0.2) is 30.3 Å². The van der Waals surface area contributed by atoms with Crippen molar-refractivity contribution in [3.8, 4) is 0 Å². The second-order valence-corrected chi connectivity index (χ2v) is 5.96. The zero-order valence-electron chi connectivity index (χ0n) is 11.4. The Balaban J connectivity index is 2.14. The molecule has 0 radical (unpaired) electrons. The van der Waals surface area contributed by atoms with Crippen molar-refractivity contribution in [1.29, 1.82) is 0 Å². The van der Waals surface area contributed by atoms with Crippen LogP contribution in [0.4, 0.5) is 0 Å². The Morgan fingerprint density at radius 2 is 1.71 bits per heavy atom. The summed E-state index contributed by atoms with van der Waals surface area (Å²) < 4.78 is 0. The Kier molecular flexibility index (Phi) is 3.88. The first-order valence-electron chi connectivity index (χ1n) is 6.88. The quantitative estimate of drug-likeness (QED) is 0.838. The molecular weight excluding hydrogens is 206 g/mol. The molecule has 1 saturated heterocycles. The average Bonchev–Trinajstić information content (AvgIpc) is 2.40. The van der Waals surface area contributed by atoms with Gasteiger partial charge in [0, 0.05) is 0 Å². The molecule has 1 heterocycles. The van der Waals surface area contributed by atoms with Crippen LogP contribution < -0.4 is 5.32 Å². The molecule has 0 bridgehead atoms. The lowest BCUT2D eigenvalue weighted by atomic mass is 9.67. The van der Waals surface area contributed by atoms with E-state index in [0.29, 0.717) is 0 Å². The highest BCUT2D eigenvalue weighted by molar-refractivity contribution is 5.24. The van der Waals surface area contributed by atoms with Gasteiger partial charge in [0.05, 0.1) is 0 Å². The minimum atomic E-state index is 0.281. The van der Waals surface area contributed by atoms with E-state index in [1.807, 2.05) is 0 Å². The van der Waals surface area contributed by atoms with Crippen molar-refractivity contribution in [3.05, 3.63) is 35.9 Å². The van der Waals surface area contributed by atoms with E-state index in [4.69, 9.17) is 0 Å². The van der Waals surface area contributed by atoms with Crippen molar-refractivity contribution in [1.82, 2.24) is 5.32 Å². The molecule has 1 unspecified atom stereocenters. The van der Waals surface area contributed by atoms with Crippen LogP contribution in [0.5, 0.6) is 0 Å². The van der Waals surface area contributed by atoms with Gasteiger partial charge in [0.2, 0.25) is 0 Å². The van der Waals surface area contributed by atoms with Gasteiger partial charge >= 0.3 is 0 Å². The van der Waals surface area contributed by atoms with Gasteiger partial charge in [-0.3, -0.25) is 0 Å². The van der Waals surface area contributed by atoms with E-state index < -0.39 is 0 Å². The highest BCUT2D eigenvalue weighted by atomic mass is 14.9. The molecule has 0 spiro atoms. The molecule has 0 amide bonds. The van der Waals surface area contributed by atoms with E-state index >= 15 is 0 Å². The summed E-state index contributed by atoms with van der Waals surface area (Å²) in [5.41, 5.74) is 1.76. The van der Waals surface area contributed by atoms with Crippen LogP contribution in [0, 0.1) is 11.8 Å². The predicted molar refractivity (Wildman–Crippen MR) is 74.2 cm³/mol. The summed E-state index contributed by atoms with van der Waals surface area (Å²) in [6.45, 7) is 9.62. The Morgan fingerprint density at radius 1 is 1.12 bits per heavy atom. The second kappa shape index (κ2) is 5.22. The first kappa shape index (κ1) is 12.6. The number of piperidine rings is 1. The molecule has 1 nitrogen and oxygen atoms in total. The fourth-order valence-corrected chi connectivity index (χ4v) is 3.06. The van der Waals surface area contributed by atoms with Crippen LogP contribution in [-0.2, 0) is 5.41 Å². The first-order chi connectivity index (χ1) is 8.12. The van der Waals surface area contributed by atoms with Crippen LogP contribution >= 0.6 is 0 Å². The van der Waals surface area contributed by atoms with Crippen LogP contribution in [0.2, 0.25) is 0 Å². The minimum absolute atomic E-state index is 0.281. The van der Waals surface area contributed by atoms with Gasteiger partial charge in [-0.15, -0.1) is 0 Å². The van der Waals surface area contributed by atoms with Gasteiger partial charge in [-0.1, -0.05) is 51.1 Å². The largest absolute Gasteiger partial charge is 0.317 e. The molecule has 1 atom stereocenters. The van der Waals surface area contributed by atoms with Gasteiger partial charge in [-0.25, -0.2) is 0 Å². The fourth-order valence-electron chi connectivity index (χ4n) is 3.06. The predicted octanol–water partition coefficient (Wildman–Crippen LogP) is 3.60. The number of hydrogen-bond acceptors (Lipinski definition) is 1. The van der Waals surface area contributed by atoms with Crippen molar-refractivity contribution in [2.45, 2.75) is 39.0 Å². The summed E-state index contributed by atoms with van der Waals surface area (Å²) in [4.78, 5) is 0. The standard InChI is InChI=1S/C16H25N/c1-13(14-9-11-17-12-10-14)16(2,3)15-7-5-4-6-8-15/h4-8,13-14,17H,9-12H2,1-3H3. The molecule has 2 rings (SSSR count). The summed E-state index contributed by atoms with van der Waals surface area (Å²) in [5.74, 6) is 1.61. The maximum atomic E-state index is 3.46. The summed E-state index contributed by atoms with van der Waals surface area (Å²) in [7, 11) is 0. The fraction of sp³-hybridized carbons (Fsp3) is 0.625. The lowest BCUT2D eigenvalue weighted by Gasteiger charge is -2.39. The number of rotatable bonds is 3. The van der Waals surface area contributed by atoms with E-state index in [1.54, 1.807) is 0 Å². The first-order valence-corrected chi connectivity index (χ1v) is 6.88. The molecule has 1 heteroatoms. The van der Waals surface area contributed by atoms with Gasteiger partial charge < -0.3 is 5.32 Å². The molecule has 1 aliphatic rings. The Labute approximate surface area is 106 Å². The van der Waals surface area contributed by atoms with Gasteiger partial charge in [0.15, 0.2) is 0 Å². The molecule has 1 fully saturated rings. The van der Waals surface area contributed by atoms with Gasteiger partial charge in [0.25, 0.3) is 0 Å². The van der Waals surface area contributed by atoms with Crippen molar-refractivity contribution in [2.24, 2.45) is 11.8 Å². The van der Waals surface area contributed by atoms with E-state index in [1.165, 1.54) is 31.5 Å². The molecule has 17 heavy (non-hydrogen) atoms. The van der Waals surface area contributed by atoms with Gasteiger partial charge in [-0.2, -0.15) is 0 Å². The van der Waals surface area contributed by atoms with Gasteiger partial charge in [0.1, 0.15) is 0 Å². The normalized spacial score (nSPS) is 20.2. The lowest BCUT2D eigenvalue weighted by Crippen LogP contribution is -2.38. The van der Waals surface area contributed by atoms with E-state index in [-0.39, 0.29) is 5.41 Å². The SMILES string of the molecule is CC(C1CCNCC1)C(C)(C)c1ccccc1. The maximum absolute atomic E-state index is 3.46. The monoisotopic (exact) mass is 231 g/mol. The molecule has 0 saturated carbocycles. The molecular formula is C16H25N. The van der Waals surface area contributed by atoms with E-state index in [2.05, 4.69) is 56.4 Å². The Bertz CT molecular complexity index is 336. The highest BCUT2D eigenvalue weighted by Crippen LogP contribution is 2.38. The van der Waals surface area contributed by atoms with E-state index in [0.717, 1.165) is 11.8 Å². The summed E-state index contributed by atoms with van der Waals surface area (Å²) >= 11 is 0. The van der Waals surface area contributed by atoms with Gasteiger partial charge in [-0.05, 0) is 48.7 Å². The Morgan fingerprint density at radius 3 is 2.29 bits per heavy atom. The van der Waals surface area contributed by atoms with E-state index in [9.17, 15) is 0 Å². The molecule has 1 aromatic rings. The minimum Gasteiger partial charge on any atom is -0.317 e. The van der Waals surface area contributed by atoms with Crippen LogP contribution in [0.1, 0.15) is 39.2 Å². The Hall–Kier alpha value is -0.820. The number of hydrogen-bond donors (Lipinski definition) is 1. The molecule has 1 aromatic carbocycles. The second-order valence-electron chi connectivity index (χ2n) is 5.96. The summed E-state index contributed by atoms with van der Waals surface area (Å²) in [6.07, 6.45) is 2.66. The molecule has 0 aromatic heterocycles. The molecule has 94 valence electrons. The summed E-state index contributed by atoms with van der Waals surface area (Å²) in [6, 6.07) is 11.0. The third-order valence-electron chi connectivity index (χ3n) is 4.75. The topological polar surface area (TPSA) is 12.0 Å². The van der Waals surface area contributed by atoms with Crippen LogP contribution in [0.25, 0.3) is 0 Å². The third-order valence-corrected chi connectivity index (χ3v) is 4.75. The zero-order chi connectivity index (χ0) is 12.3. The maximum Gasteiger partial charge on any atom is -0.00462 e. The van der Waals surface area contributed by atoms with Crippen LogP contribution in [-0.4, -0.2) is 13.1 Å². The summed E-state index contributed by atoms with van der Waals surface area (Å²) in [5, 5.41) is 3.46. The number of nitrogens with one attached hydrogen (secondary N) is 1. The molecule has 0 aliphatic carbocycles. The zero-order valence-corrected chi connectivity index (χ0v) is 11.4. The van der Waals surface area contributed by atoms with Crippen LogP contribution in [0.3, 0.4) is 0 Å². The van der Waals surface area contributed by atoms with Crippen molar-refractivity contribution in [3.63, 3.8) is 0 Å². The van der Waals surface area contributed by atoms with Crippen molar-refractivity contribution in [2.75, 3.05) is 13.1 Å². The lowest BCUT2D eigenvalue weighted by molar-refractivity contribution is 0.192. The number of benzene rings is 1. The smallest absolute Gasteiger partial charge is 0.00462 e. The molecule has 1 aliphatic heterocycles. The third kappa shape index (κ3) is 2.71. The average molecular weight is 231 g/mol. The van der Waals surface area contributed by atoms with Crippen molar-refractivity contribution < 1.29 is 0 Å². The highest BCUT2D eigenvalue weighted by Gasteiger charge is 2.33. The van der Waals surface area contributed by atoms with Crippen molar-refractivity contribution >= 4 is 0 Å². The molecule has 1 N–H and O–H groups in total.